The second kappa shape index (κ2) is 9.60. The number of hydrogen-bond acceptors (Lipinski definition) is 3. The van der Waals surface area contributed by atoms with Gasteiger partial charge in [-0.2, -0.15) is 0 Å². The van der Waals surface area contributed by atoms with Gasteiger partial charge in [0, 0.05) is 36.6 Å². The van der Waals surface area contributed by atoms with Crippen LogP contribution in [0.5, 0.6) is 5.75 Å². The molecule has 2 aromatic carbocycles. The summed E-state index contributed by atoms with van der Waals surface area (Å²) in [4.78, 5) is 29.7. The molecule has 31 heavy (non-hydrogen) atoms. The van der Waals surface area contributed by atoms with E-state index in [-0.39, 0.29) is 17.9 Å². The summed E-state index contributed by atoms with van der Waals surface area (Å²) < 4.78 is 5.36. The minimum atomic E-state index is -0.0762. The van der Waals surface area contributed by atoms with Crippen molar-refractivity contribution < 1.29 is 14.3 Å². The number of carbonyl (C=O) groups excluding carboxylic acids is 2. The molecule has 0 atom stereocenters. The van der Waals surface area contributed by atoms with Gasteiger partial charge in [-0.1, -0.05) is 36.6 Å². The summed E-state index contributed by atoms with van der Waals surface area (Å²) in [5.74, 6) is 0.702. The third-order valence-corrected chi connectivity index (χ3v) is 6.29. The fourth-order valence-corrected chi connectivity index (χ4v) is 4.62. The monoisotopic (exact) mass is 441 g/mol. The number of nitrogens with one attached hydrogen (secondary N) is 1. The molecular weight excluding hydrogens is 414 g/mol. The summed E-state index contributed by atoms with van der Waals surface area (Å²) in [6.45, 7) is 1.78. The van der Waals surface area contributed by atoms with Crippen molar-refractivity contribution in [1.82, 2.24) is 4.90 Å². The zero-order valence-electron chi connectivity index (χ0n) is 17.8. The highest BCUT2D eigenvalue weighted by Crippen LogP contribution is 2.34. The van der Waals surface area contributed by atoms with Crippen LogP contribution >= 0.6 is 11.6 Å². The van der Waals surface area contributed by atoms with Gasteiger partial charge in [-0.05, 0) is 49.1 Å². The summed E-state index contributed by atoms with van der Waals surface area (Å²) in [6.07, 6.45) is 4.86. The van der Waals surface area contributed by atoms with Gasteiger partial charge in [0.15, 0.2) is 0 Å². The molecule has 2 aliphatic rings. The molecule has 0 radical (unpaired) electrons. The van der Waals surface area contributed by atoms with E-state index < -0.39 is 0 Å². The quantitative estimate of drug-likeness (QED) is 0.660. The lowest BCUT2D eigenvalue weighted by atomic mass is 10.1. The molecule has 7 heteroatoms. The Morgan fingerprint density at radius 3 is 2.68 bits per heavy atom. The Morgan fingerprint density at radius 2 is 1.94 bits per heavy atom. The number of anilines is 2. The van der Waals surface area contributed by atoms with Crippen molar-refractivity contribution in [3.05, 3.63) is 53.1 Å². The number of nitrogens with zero attached hydrogens (tertiary/aromatic N) is 2. The first-order chi connectivity index (χ1) is 15.0. The Morgan fingerprint density at radius 1 is 1.13 bits per heavy atom. The van der Waals surface area contributed by atoms with E-state index >= 15 is 0 Å². The molecule has 0 bridgehead atoms. The van der Waals surface area contributed by atoms with E-state index in [0.717, 1.165) is 37.7 Å². The molecule has 3 amide bonds. The Hall–Kier alpha value is -2.73. The molecule has 0 spiro atoms. The van der Waals surface area contributed by atoms with Crippen molar-refractivity contribution in [2.75, 3.05) is 30.4 Å². The van der Waals surface area contributed by atoms with Crippen LogP contribution < -0.4 is 15.0 Å². The second-order valence-corrected chi connectivity index (χ2v) is 8.63. The molecule has 0 aromatic heterocycles. The fraction of sp³-hybridized carbons (Fsp3) is 0.417. The summed E-state index contributed by atoms with van der Waals surface area (Å²) in [5.41, 5.74) is 2.31. The molecule has 164 valence electrons. The highest BCUT2D eigenvalue weighted by atomic mass is 35.5. The summed E-state index contributed by atoms with van der Waals surface area (Å²) in [6, 6.07) is 13.0. The predicted octanol–water partition coefficient (Wildman–Crippen LogP) is 5.31. The fourth-order valence-electron chi connectivity index (χ4n) is 4.41. The number of carbonyl (C=O) groups is 2. The number of ether oxygens (including phenoxy) is 1. The number of hydrogen-bond donors (Lipinski definition) is 1. The normalized spacial score (nSPS) is 17.2. The molecule has 6 nitrogen and oxygen atoms in total. The van der Waals surface area contributed by atoms with E-state index in [4.69, 9.17) is 16.3 Å². The predicted molar refractivity (Wildman–Crippen MR) is 123 cm³/mol. The average molecular weight is 442 g/mol. The minimum Gasteiger partial charge on any atom is -0.497 e. The van der Waals surface area contributed by atoms with Gasteiger partial charge in [0.2, 0.25) is 5.91 Å². The molecule has 0 unspecified atom stereocenters. The Balaban J connectivity index is 1.56. The third kappa shape index (κ3) is 4.96. The number of urea groups is 1. The van der Waals surface area contributed by atoms with Gasteiger partial charge in [-0.15, -0.1) is 0 Å². The molecule has 1 aliphatic carbocycles. The van der Waals surface area contributed by atoms with Gasteiger partial charge < -0.3 is 15.0 Å². The van der Waals surface area contributed by atoms with Crippen LogP contribution in [0.4, 0.5) is 16.2 Å². The number of benzene rings is 2. The zero-order chi connectivity index (χ0) is 21.8. The smallest absolute Gasteiger partial charge is 0.324 e. The summed E-state index contributed by atoms with van der Waals surface area (Å²) in [5, 5.41) is 3.73. The Kier molecular flexibility index (Phi) is 6.66. The largest absolute Gasteiger partial charge is 0.497 e. The SMILES string of the molecule is COc1ccc(N2CCCN(Cc3cccc(Cl)c3)C2=O)c(NC(=O)C2CCCC2)c1. The Labute approximate surface area is 188 Å². The van der Waals surface area contributed by atoms with Crippen LogP contribution in [0.15, 0.2) is 42.5 Å². The van der Waals surface area contributed by atoms with Gasteiger partial charge >= 0.3 is 6.03 Å². The van der Waals surface area contributed by atoms with Gasteiger partial charge in [-0.25, -0.2) is 4.79 Å². The third-order valence-electron chi connectivity index (χ3n) is 6.05. The lowest BCUT2D eigenvalue weighted by Gasteiger charge is -2.36. The number of rotatable bonds is 6. The average Bonchev–Trinajstić information content (AvgIpc) is 3.31. The molecule has 1 heterocycles. The van der Waals surface area contributed by atoms with Gasteiger partial charge in [0.1, 0.15) is 5.75 Å². The maximum absolute atomic E-state index is 13.3. The first kappa shape index (κ1) is 21.5. The molecule has 1 saturated carbocycles. The summed E-state index contributed by atoms with van der Waals surface area (Å²) >= 11 is 6.11. The van der Waals surface area contributed by atoms with Crippen molar-refractivity contribution in [3.8, 4) is 5.75 Å². The van der Waals surface area contributed by atoms with Crippen LogP contribution in [0.2, 0.25) is 5.02 Å². The first-order valence-electron chi connectivity index (χ1n) is 10.8. The maximum Gasteiger partial charge on any atom is 0.324 e. The highest BCUT2D eigenvalue weighted by Gasteiger charge is 2.30. The van der Waals surface area contributed by atoms with Gasteiger partial charge in [-0.3, -0.25) is 9.69 Å². The van der Waals surface area contributed by atoms with Gasteiger partial charge in [0.05, 0.1) is 18.5 Å². The number of amides is 3. The van der Waals surface area contributed by atoms with Crippen LogP contribution in [0.25, 0.3) is 0 Å². The molecule has 1 saturated heterocycles. The van der Waals surface area contributed by atoms with E-state index in [0.29, 0.717) is 41.8 Å². The van der Waals surface area contributed by atoms with Crippen LogP contribution in [0.3, 0.4) is 0 Å². The van der Waals surface area contributed by atoms with E-state index in [9.17, 15) is 9.59 Å². The molecule has 1 aliphatic heterocycles. The van der Waals surface area contributed by atoms with Crippen molar-refractivity contribution in [3.63, 3.8) is 0 Å². The van der Waals surface area contributed by atoms with Crippen molar-refractivity contribution in [2.24, 2.45) is 5.92 Å². The lowest BCUT2D eigenvalue weighted by molar-refractivity contribution is -0.119. The number of halogens is 1. The topological polar surface area (TPSA) is 61.9 Å². The maximum atomic E-state index is 13.3. The van der Waals surface area contributed by atoms with E-state index in [2.05, 4.69) is 5.32 Å². The van der Waals surface area contributed by atoms with Crippen LogP contribution in [-0.4, -0.2) is 37.0 Å². The Bertz CT molecular complexity index is 959. The van der Waals surface area contributed by atoms with Crippen LogP contribution in [0, 0.1) is 5.92 Å². The first-order valence-corrected chi connectivity index (χ1v) is 11.2. The molecule has 4 rings (SSSR count). The lowest BCUT2D eigenvalue weighted by Crippen LogP contribution is -2.49. The van der Waals surface area contributed by atoms with E-state index in [1.54, 1.807) is 18.1 Å². The molecule has 2 fully saturated rings. The van der Waals surface area contributed by atoms with Crippen LogP contribution in [-0.2, 0) is 11.3 Å². The number of methoxy groups -OCH3 is 1. The molecule has 2 aromatic rings. The van der Waals surface area contributed by atoms with Gasteiger partial charge in [0.25, 0.3) is 0 Å². The van der Waals surface area contributed by atoms with Crippen molar-refractivity contribution in [1.29, 1.82) is 0 Å². The minimum absolute atomic E-state index is 0.0206. The molecular formula is C24H28ClN3O3. The zero-order valence-corrected chi connectivity index (χ0v) is 18.5. The van der Waals surface area contributed by atoms with Crippen LogP contribution in [0.1, 0.15) is 37.7 Å². The molecule has 1 N–H and O–H groups in total. The van der Waals surface area contributed by atoms with Crippen molar-refractivity contribution >= 4 is 34.9 Å². The highest BCUT2D eigenvalue weighted by molar-refractivity contribution is 6.30. The summed E-state index contributed by atoms with van der Waals surface area (Å²) in [7, 11) is 1.59. The standard InChI is InChI=1S/C24H28ClN3O3/c1-31-20-10-11-22(21(15-20)26-23(29)18-7-2-3-8-18)28-13-5-12-27(24(28)30)16-17-6-4-9-19(25)14-17/h4,6,9-11,14-15,18H,2-3,5,7-8,12-13,16H2,1H3,(H,26,29). The second-order valence-electron chi connectivity index (χ2n) is 8.19. The van der Waals surface area contributed by atoms with Crippen molar-refractivity contribution in [2.45, 2.75) is 38.6 Å². The van der Waals surface area contributed by atoms with E-state index in [1.165, 1.54) is 0 Å². The van der Waals surface area contributed by atoms with E-state index in [1.807, 2.05) is 41.3 Å².